The van der Waals surface area contributed by atoms with Crippen LogP contribution in [0.4, 0.5) is 0 Å². The lowest BCUT2D eigenvalue weighted by atomic mass is 9.72. The molecule has 28 heavy (non-hydrogen) atoms. The zero-order chi connectivity index (χ0) is 21.4. The Morgan fingerprint density at radius 3 is 2.36 bits per heavy atom. The number of hydrogen-bond acceptors (Lipinski definition) is 5. The van der Waals surface area contributed by atoms with Gasteiger partial charge >= 0.3 is 5.97 Å². The van der Waals surface area contributed by atoms with Crippen LogP contribution in [0.5, 0.6) is 0 Å². The van der Waals surface area contributed by atoms with Gasteiger partial charge in [-0.05, 0) is 60.9 Å². The van der Waals surface area contributed by atoms with Crippen LogP contribution in [0.3, 0.4) is 0 Å². The van der Waals surface area contributed by atoms with Crippen molar-refractivity contribution >= 4 is 33.5 Å². The summed E-state index contributed by atoms with van der Waals surface area (Å²) in [5.41, 5.74) is 0.317. The van der Waals surface area contributed by atoms with Crippen molar-refractivity contribution in [2.45, 2.75) is 79.4 Å². The maximum Gasteiger partial charge on any atom is 0.306 e. The van der Waals surface area contributed by atoms with Crippen LogP contribution in [0.2, 0.25) is 0 Å². The van der Waals surface area contributed by atoms with E-state index in [1.807, 2.05) is 0 Å². The van der Waals surface area contributed by atoms with E-state index >= 15 is 0 Å². The fourth-order valence-corrected chi connectivity index (χ4v) is 4.85. The molecule has 0 bridgehead atoms. The largest absolute Gasteiger partial charge is 0.462 e. The highest BCUT2D eigenvalue weighted by atomic mass is 79.9. The molecule has 3 atom stereocenters. The predicted molar refractivity (Wildman–Crippen MR) is 111 cm³/mol. The monoisotopic (exact) mass is 454 g/mol. The number of ether oxygens (including phenoxy) is 1. The van der Waals surface area contributed by atoms with Gasteiger partial charge < -0.3 is 9.84 Å². The van der Waals surface area contributed by atoms with E-state index in [1.165, 1.54) is 0 Å². The average Bonchev–Trinajstić information content (AvgIpc) is 2.59. The smallest absolute Gasteiger partial charge is 0.306 e. The molecule has 6 heteroatoms. The Balaban J connectivity index is 2.11. The van der Waals surface area contributed by atoms with Crippen LogP contribution in [0.1, 0.15) is 67.2 Å². The number of ketones is 2. The Morgan fingerprint density at radius 2 is 1.79 bits per heavy atom. The van der Waals surface area contributed by atoms with Crippen LogP contribution < -0.4 is 0 Å². The van der Waals surface area contributed by atoms with Crippen LogP contribution in [-0.4, -0.2) is 34.9 Å². The number of rotatable bonds is 5. The molecule has 0 spiro atoms. The number of carbonyl (C=O) groups is 3. The molecule has 2 aliphatic rings. The molecule has 0 aromatic heterocycles. The van der Waals surface area contributed by atoms with E-state index in [1.54, 1.807) is 27.7 Å². The summed E-state index contributed by atoms with van der Waals surface area (Å²) in [6.07, 6.45) is 1.38. The van der Waals surface area contributed by atoms with Crippen molar-refractivity contribution in [3.05, 3.63) is 21.2 Å². The van der Waals surface area contributed by atoms with E-state index in [0.29, 0.717) is 41.9 Å². The molecule has 1 saturated carbocycles. The Kier molecular flexibility index (Phi) is 7.08. The minimum absolute atomic E-state index is 0.0228. The highest BCUT2D eigenvalue weighted by Crippen LogP contribution is 2.40. The lowest BCUT2D eigenvalue weighted by Crippen LogP contribution is -2.38. The second-order valence-electron chi connectivity index (χ2n) is 9.06. The van der Waals surface area contributed by atoms with E-state index in [9.17, 15) is 19.5 Å². The third kappa shape index (κ3) is 4.65. The van der Waals surface area contributed by atoms with Gasteiger partial charge in [-0.15, -0.1) is 0 Å². The van der Waals surface area contributed by atoms with Crippen molar-refractivity contribution in [1.29, 1.82) is 0 Å². The molecule has 0 radical (unpaired) electrons. The van der Waals surface area contributed by atoms with E-state index in [2.05, 4.69) is 29.8 Å². The van der Waals surface area contributed by atoms with Gasteiger partial charge in [0.05, 0.1) is 17.0 Å². The summed E-state index contributed by atoms with van der Waals surface area (Å²) >= 11 is 3.20. The minimum Gasteiger partial charge on any atom is -0.462 e. The van der Waals surface area contributed by atoms with Gasteiger partial charge in [0.15, 0.2) is 11.6 Å². The summed E-state index contributed by atoms with van der Waals surface area (Å²) in [6, 6.07) is 0. The number of esters is 1. The fraction of sp³-hybridized carbons (Fsp3) is 0.682. The van der Waals surface area contributed by atoms with Crippen molar-refractivity contribution in [2.75, 3.05) is 0 Å². The second-order valence-corrected chi connectivity index (χ2v) is 9.85. The van der Waals surface area contributed by atoms with Crippen molar-refractivity contribution in [3.63, 3.8) is 0 Å². The van der Waals surface area contributed by atoms with Crippen LogP contribution in [0.25, 0.3) is 0 Å². The van der Waals surface area contributed by atoms with Gasteiger partial charge in [0.2, 0.25) is 0 Å². The Labute approximate surface area is 175 Å². The number of allylic oxidation sites excluding steroid dienone is 4. The number of carbonyl (C=O) groups excluding carboxylic acids is 3. The lowest BCUT2D eigenvalue weighted by molar-refractivity contribution is -0.155. The topological polar surface area (TPSA) is 80.7 Å². The summed E-state index contributed by atoms with van der Waals surface area (Å²) in [4.78, 5) is 37.8. The molecule has 0 amide bonds. The summed E-state index contributed by atoms with van der Waals surface area (Å²) in [5, 5.41) is 10.2. The van der Waals surface area contributed by atoms with Gasteiger partial charge in [0, 0.05) is 22.1 Å². The van der Waals surface area contributed by atoms with Crippen LogP contribution in [0.15, 0.2) is 21.2 Å². The fourth-order valence-electron chi connectivity index (χ4n) is 4.37. The standard InChI is InChI=1S/C22H31BrO5/c1-11(2)15-9-14(7-8-16(15)24)28-17(25)10-22(5,6)18-12(3)21(27)19(23)13(4)20(18)26/h11,14-16,24H,7-10H2,1-6H3/t14?,15-,16+/m0/s1. The van der Waals surface area contributed by atoms with E-state index in [0.717, 1.165) is 0 Å². The molecule has 0 saturated heterocycles. The molecule has 0 aliphatic heterocycles. The molecule has 1 fully saturated rings. The molecule has 0 aromatic carbocycles. The highest BCUT2D eigenvalue weighted by Gasteiger charge is 2.40. The van der Waals surface area contributed by atoms with Crippen molar-refractivity contribution < 1.29 is 24.2 Å². The molecule has 2 aliphatic carbocycles. The first-order chi connectivity index (χ1) is 12.9. The number of Topliss-reactive ketones (excluding diaryl/α,β-unsaturated/α-hetero) is 2. The molecule has 0 aromatic rings. The molecule has 5 nitrogen and oxygen atoms in total. The van der Waals surface area contributed by atoms with Gasteiger partial charge in [-0.1, -0.05) is 27.7 Å². The Morgan fingerprint density at radius 1 is 1.18 bits per heavy atom. The normalized spacial score (nSPS) is 27.0. The molecule has 0 heterocycles. The van der Waals surface area contributed by atoms with Crippen molar-refractivity contribution in [1.82, 2.24) is 0 Å². The summed E-state index contributed by atoms with van der Waals surface area (Å²) in [6.45, 7) is 11.0. The highest BCUT2D eigenvalue weighted by molar-refractivity contribution is 9.12. The zero-order valence-corrected chi connectivity index (χ0v) is 19.2. The van der Waals surface area contributed by atoms with Crippen molar-refractivity contribution in [2.24, 2.45) is 17.3 Å². The van der Waals surface area contributed by atoms with Crippen LogP contribution in [-0.2, 0) is 19.1 Å². The number of halogens is 1. The Bertz CT molecular complexity index is 744. The van der Waals surface area contributed by atoms with Crippen LogP contribution in [0, 0.1) is 17.3 Å². The third-order valence-electron chi connectivity index (χ3n) is 6.04. The number of aliphatic hydroxyl groups is 1. The van der Waals surface area contributed by atoms with E-state index < -0.39 is 5.41 Å². The van der Waals surface area contributed by atoms with Gasteiger partial charge in [-0.2, -0.15) is 0 Å². The van der Waals surface area contributed by atoms with Gasteiger partial charge in [0.1, 0.15) is 6.10 Å². The third-order valence-corrected chi connectivity index (χ3v) is 7.00. The summed E-state index contributed by atoms with van der Waals surface area (Å²) < 4.78 is 5.99. The van der Waals surface area contributed by atoms with Gasteiger partial charge in [-0.3, -0.25) is 14.4 Å². The maximum atomic E-state index is 12.8. The number of hydrogen-bond donors (Lipinski definition) is 1. The molecule has 156 valence electrons. The summed E-state index contributed by atoms with van der Waals surface area (Å²) in [5.74, 6) is -0.357. The molecule has 2 rings (SSSR count). The zero-order valence-electron chi connectivity index (χ0n) is 17.6. The van der Waals surface area contributed by atoms with Crippen molar-refractivity contribution in [3.8, 4) is 0 Å². The SMILES string of the molecule is CC1=C(Br)C(=O)C(C)=C(C(C)(C)CC(=O)OC2CC[C@@H](O)[C@H](C(C)C)C2)C1=O. The molecular weight excluding hydrogens is 424 g/mol. The van der Waals surface area contributed by atoms with Gasteiger partial charge in [0.25, 0.3) is 0 Å². The van der Waals surface area contributed by atoms with Crippen LogP contribution >= 0.6 is 15.9 Å². The first-order valence-electron chi connectivity index (χ1n) is 9.91. The minimum atomic E-state index is -0.811. The second kappa shape index (κ2) is 8.62. The lowest BCUT2D eigenvalue weighted by Gasteiger charge is -2.36. The number of aliphatic hydroxyl groups excluding tert-OH is 1. The first kappa shape index (κ1) is 23.0. The van der Waals surface area contributed by atoms with E-state index in [-0.39, 0.29) is 46.6 Å². The molecule has 1 N–H and O–H groups in total. The average molecular weight is 455 g/mol. The maximum absolute atomic E-state index is 12.8. The first-order valence-corrected chi connectivity index (χ1v) is 10.7. The quantitative estimate of drug-likeness (QED) is 0.495. The molecular formula is C22H31BrO5. The van der Waals surface area contributed by atoms with Gasteiger partial charge in [-0.25, -0.2) is 0 Å². The van der Waals surface area contributed by atoms with E-state index in [4.69, 9.17) is 4.74 Å². The predicted octanol–water partition coefficient (Wildman–Crippen LogP) is 4.27. The molecule has 1 unspecified atom stereocenters. The summed E-state index contributed by atoms with van der Waals surface area (Å²) in [7, 11) is 0. The Hall–Kier alpha value is -1.27.